The number of fused-ring (bicyclic) bond motifs is 2. The van der Waals surface area contributed by atoms with Gasteiger partial charge in [0.25, 0.3) is 0 Å². The smallest absolute Gasteiger partial charge is 0.174 e. The van der Waals surface area contributed by atoms with Crippen LogP contribution in [0.15, 0.2) is 60.7 Å². The van der Waals surface area contributed by atoms with Gasteiger partial charge in [-0.25, -0.2) is 0 Å². The van der Waals surface area contributed by atoms with Crippen molar-refractivity contribution in [1.82, 2.24) is 0 Å². The zero-order valence-corrected chi connectivity index (χ0v) is 24.5. The molecule has 44 heavy (non-hydrogen) atoms. The molecule has 4 aromatic carbocycles. The van der Waals surface area contributed by atoms with E-state index >= 15 is 0 Å². The maximum absolute atomic E-state index is 13.4. The summed E-state index contributed by atoms with van der Waals surface area (Å²) in [5.74, 6) is 1.33. The Bertz CT molecular complexity index is 1790. The molecule has 0 radical (unpaired) electrons. The van der Waals surface area contributed by atoms with Gasteiger partial charge >= 0.3 is 0 Å². The molecule has 0 fully saturated rings. The minimum absolute atomic E-state index is 0.00438. The van der Waals surface area contributed by atoms with Gasteiger partial charge in [-0.15, -0.1) is 0 Å². The van der Waals surface area contributed by atoms with Gasteiger partial charge in [0.2, 0.25) is 0 Å². The number of carbonyl (C=O) groups is 2. The van der Waals surface area contributed by atoms with Crippen molar-refractivity contribution in [2.24, 2.45) is 0 Å². The highest BCUT2D eigenvalue weighted by Crippen LogP contribution is 2.49. The number of ketones is 2. The van der Waals surface area contributed by atoms with Crippen molar-refractivity contribution in [3.63, 3.8) is 0 Å². The number of hydrogen-bond donors (Lipinski definition) is 2. The summed E-state index contributed by atoms with van der Waals surface area (Å²) in [6, 6.07) is 16.7. The zero-order valence-electron chi connectivity index (χ0n) is 24.5. The Kier molecular flexibility index (Phi) is 7.42. The van der Waals surface area contributed by atoms with Crippen LogP contribution >= 0.6 is 0 Å². The number of methoxy groups -OCH3 is 4. The lowest BCUT2D eigenvalue weighted by Gasteiger charge is -2.29. The molecule has 4 aromatic rings. The molecule has 0 saturated carbocycles. The second kappa shape index (κ2) is 11.4. The number of phenolic OH excluding ortho intramolecular Hbond substituents is 2. The number of Topliss-reactive ketones (excluding diaryl/α,β-unsaturated/α-hetero) is 2. The fraction of sp³-hybridized carbons (Fsp3) is 0.235. The number of benzene rings is 4. The van der Waals surface area contributed by atoms with Crippen LogP contribution in [0, 0.1) is 0 Å². The van der Waals surface area contributed by atoms with Crippen LogP contribution in [0.25, 0.3) is 11.1 Å². The monoisotopic (exact) mass is 598 g/mol. The summed E-state index contributed by atoms with van der Waals surface area (Å²) in [7, 11) is 6.05. The van der Waals surface area contributed by atoms with Gasteiger partial charge in [0.15, 0.2) is 23.1 Å². The van der Waals surface area contributed by atoms with Crippen LogP contribution in [0.5, 0.6) is 46.0 Å². The SMILES string of the molecule is COc1cc(O)c2c(c1)OC(c1ccc(OC)c(-c3ccc(O)c4c3OC(c3ccc(OC)c(OC)c3)CC4=O)c1)CC2=O. The number of ether oxygens (including phenoxy) is 6. The van der Waals surface area contributed by atoms with Crippen molar-refractivity contribution in [2.45, 2.75) is 25.0 Å². The molecule has 0 bridgehead atoms. The summed E-state index contributed by atoms with van der Waals surface area (Å²) < 4.78 is 34.4. The molecule has 2 aliphatic heterocycles. The molecule has 0 saturated heterocycles. The lowest BCUT2D eigenvalue weighted by atomic mass is 9.89. The third kappa shape index (κ3) is 4.88. The Morgan fingerprint density at radius 2 is 1.25 bits per heavy atom. The van der Waals surface area contributed by atoms with Crippen LogP contribution in [-0.2, 0) is 0 Å². The molecule has 10 heteroatoms. The standard InChI is InChI=1S/C34H30O10/c1-39-19-13-23(36)32-24(37)15-28(43-31(32)14-19)17-5-9-26(40-2)21(11-17)20-7-8-22(35)33-25(38)16-29(44-34(20)33)18-6-10-27(41-3)30(12-18)42-4/h5-14,28-29,35-36H,15-16H2,1-4H3. The van der Waals surface area contributed by atoms with E-state index in [1.807, 2.05) is 6.07 Å². The van der Waals surface area contributed by atoms with Gasteiger partial charge in [-0.2, -0.15) is 0 Å². The number of aromatic hydroxyl groups is 2. The van der Waals surface area contributed by atoms with Crippen molar-refractivity contribution < 1.29 is 48.2 Å². The number of phenols is 2. The molecular formula is C34H30O10. The first-order valence-electron chi connectivity index (χ1n) is 13.8. The summed E-state index contributed by atoms with van der Waals surface area (Å²) in [5, 5.41) is 21.1. The maximum atomic E-state index is 13.4. The van der Waals surface area contributed by atoms with Gasteiger partial charge in [0.05, 0.1) is 41.3 Å². The van der Waals surface area contributed by atoms with Crippen molar-refractivity contribution in [3.8, 4) is 57.1 Å². The lowest BCUT2D eigenvalue weighted by Crippen LogP contribution is -2.21. The van der Waals surface area contributed by atoms with E-state index in [9.17, 15) is 19.8 Å². The molecule has 0 amide bonds. The predicted octanol–water partition coefficient (Wildman–Crippen LogP) is 6.21. The topological polar surface area (TPSA) is 130 Å². The van der Waals surface area contributed by atoms with Gasteiger partial charge in [-0.05, 0) is 47.5 Å². The number of rotatable bonds is 7. The minimum Gasteiger partial charge on any atom is -0.507 e. The van der Waals surface area contributed by atoms with Crippen LogP contribution in [0.3, 0.4) is 0 Å². The van der Waals surface area contributed by atoms with Crippen molar-refractivity contribution in [2.75, 3.05) is 28.4 Å². The quantitative estimate of drug-likeness (QED) is 0.253. The van der Waals surface area contributed by atoms with Crippen molar-refractivity contribution in [1.29, 1.82) is 0 Å². The molecule has 2 N–H and O–H groups in total. The molecule has 0 aromatic heterocycles. The van der Waals surface area contributed by atoms with Crippen LogP contribution in [-0.4, -0.2) is 50.2 Å². The Hall–Kier alpha value is -5.38. The lowest BCUT2D eigenvalue weighted by molar-refractivity contribution is 0.0834. The maximum Gasteiger partial charge on any atom is 0.174 e. The molecule has 2 aliphatic rings. The van der Waals surface area contributed by atoms with E-state index < -0.39 is 12.2 Å². The van der Waals surface area contributed by atoms with Gasteiger partial charge in [0, 0.05) is 23.3 Å². The van der Waals surface area contributed by atoms with Crippen LogP contribution < -0.4 is 28.4 Å². The fourth-order valence-electron chi connectivity index (χ4n) is 5.72. The van der Waals surface area contributed by atoms with Gasteiger partial charge in [-0.3, -0.25) is 9.59 Å². The molecular weight excluding hydrogens is 568 g/mol. The van der Waals surface area contributed by atoms with Crippen molar-refractivity contribution >= 4 is 11.6 Å². The summed E-state index contributed by atoms with van der Waals surface area (Å²) in [5.41, 5.74) is 2.61. The molecule has 0 aliphatic carbocycles. The van der Waals surface area contributed by atoms with Crippen LogP contribution in [0.1, 0.15) is 56.9 Å². The highest BCUT2D eigenvalue weighted by molar-refractivity contribution is 6.05. The van der Waals surface area contributed by atoms with E-state index in [4.69, 9.17) is 28.4 Å². The normalized spacial score (nSPS) is 17.1. The van der Waals surface area contributed by atoms with Crippen LogP contribution in [0.2, 0.25) is 0 Å². The zero-order chi connectivity index (χ0) is 31.1. The van der Waals surface area contributed by atoms with Crippen molar-refractivity contribution in [3.05, 3.63) is 82.9 Å². The number of carbonyl (C=O) groups excluding carboxylic acids is 2. The average Bonchev–Trinajstić information content (AvgIpc) is 3.03. The highest BCUT2D eigenvalue weighted by Gasteiger charge is 2.35. The first kappa shape index (κ1) is 28.7. The fourth-order valence-corrected chi connectivity index (χ4v) is 5.72. The summed E-state index contributed by atoms with van der Waals surface area (Å²) in [6.45, 7) is 0. The second-order valence-corrected chi connectivity index (χ2v) is 10.4. The van der Waals surface area contributed by atoms with E-state index in [1.54, 1.807) is 49.6 Å². The molecule has 2 heterocycles. The molecule has 2 atom stereocenters. The first-order chi connectivity index (χ1) is 21.3. The van der Waals surface area contributed by atoms with Gasteiger partial charge < -0.3 is 38.6 Å². The largest absolute Gasteiger partial charge is 0.507 e. The highest BCUT2D eigenvalue weighted by atomic mass is 16.5. The van der Waals surface area contributed by atoms with E-state index in [-0.39, 0.29) is 58.5 Å². The van der Waals surface area contributed by atoms with E-state index in [1.165, 1.54) is 33.5 Å². The Morgan fingerprint density at radius 3 is 1.93 bits per heavy atom. The second-order valence-electron chi connectivity index (χ2n) is 10.4. The molecule has 0 spiro atoms. The van der Waals surface area contributed by atoms with E-state index in [0.29, 0.717) is 45.3 Å². The third-order valence-corrected chi connectivity index (χ3v) is 7.92. The molecule has 226 valence electrons. The van der Waals surface area contributed by atoms with E-state index in [2.05, 4.69) is 0 Å². The molecule has 10 nitrogen and oxygen atoms in total. The first-order valence-corrected chi connectivity index (χ1v) is 13.8. The minimum atomic E-state index is -0.679. The third-order valence-electron chi connectivity index (χ3n) is 7.92. The Labute approximate surface area is 253 Å². The summed E-state index contributed by atoms with van der Waals surface area (Å²) in [4.78, 5) is 26.5. The number of hydrogen-bond acceptors (Lipinski definition) is 10. The van der Waals surface area contributed by atoms with Gasteiger partial charge in [-0.1, -0.05) is 12.1 Å². The Morgan fingerprint density at radius 1 is 0.614 bits per heavy atom. The summed E-state index contributed by atoms with van der Waals surface area (Å²) in [6.07, 6.45) is -1.35. The van der Waals surface area contributed by atoms with Gasteiger partial charge in [0.1, 0.15) is 57.8 Å². The Balaban J connectivity index is 1.42. The van der Waals surface area contributed by atoms with Crippen LogP contribution in [0.4, 0.5) is 0 Å². The summed E-state index contributed by atoms with van der Waals surface area (Å²) >= 11 is 0. The molecule has 6 rings (SSSR count). The average molecular weight is 599 g/mol. The van der Waals surface area contributed by atoms with E-state index in [0.717, 1.165) is 0 Å². The predicted molar refractivity (Wildman–Crippen MR) is 159 cm³/mol. The molecule has 2 unspecified atom stereocenters.